The van der Waals surface area contributed by atoms with Crippen LogP contribution in [0, 0.1) is 5.92 Å². The number of piperidine rings is 1. The van der Waals surface area contributed by atoms with E-state index in [1.165, 1.54) is 23.5 Å². The van der Waals surface area contributed by atoms with Gasteiger partial charge in [-0.05, 0) is 30.9 Å². The maximum atomic E-state index is 12.9. The second-order valence-corrected chi connectivity index (χ2v) is 7.73. The molecule has 1 heterocycles. The van der Waals surface area contributed by atoms with Crippen LogP contribution in [0.15, 0.2) is 23.1 Å². The van der Waals surface area contributed by atoms with Gasteiger partial charge in [0.1, 0.15) is 10.6 Å². The first-order valence-corrected chi connectivity index (χ1v) is 8.77. The molecule has 1 aliphatic heterocycles. The van der Waals surface area contributed by atoms with Crippen molar-refractivity contribution in [1.29, 1.82) is 0 Å². The largest absolute Gasteiger partial charge is 0.495 e. The molecule has 1 saturated heterocycles. The predicted octanol–water partition coefficient (Wildman–Crippen LogP) is 2.10. The molecular weight excluding hydrogens is 312 g/mol. The van der Waals surface area contributed by atoms with Gasteiger partial charge in [-0.2, -0.15) is 4.31 Å². The Kier molecular flexibility index (Phi) is 5.14. The Balaban J connectivity index is 2.41. The van der Waals surface area contributed by atoms with Crippen molar-refractivity contribution < 1.29 is 13.2 Å². The predicted molar refractivity (Wildman–Crippen MR) is 83.1 cm³/mol. The molecule has 2 unspecified atom stereocenters. The van der Waals surface area contributed by atoms with E-state index in [-0.39, 0.29) is 16.7 Å². The number of benzene rings is 1. The van der Waals surface area contributed by atoms with Gasteiger partial charge in [0, 0.05) is 30.2 Å². The monoisotopic (exact) mass is 332 g/mol. The molecule has 2 atom stereocenters. The van der Waals surface area contributed by atoms with Gasteiger partial charge in [0.15, 0.2) is 0 Å². The van der Waals surface area contributed by atoms with Crippen LogP contribution in [-0.2, 0) is 10.0 Å². The number of hydrogen-bond donors (Lipinski definition) is 1. The highest BCUT2D eigenvalue weighted by molar-refractivity contribution is 7.89. The summed E-state index contributed by atoms with van der Waals surface area (Å²) in [5.74, 6) is 0.744. The molecule has 0 saturated carbocycles. The number of hydrogen-bond acceptors (Lipinski definition) is 4. The second-order valence-electron chi connectivity index (χ2n) is 5.43. The van der Waals surface area contributed by atoms with Gasteiger partial charge in [0.2, 0.25) is 10.0 Å². The van der Waals surface area contributed by atoms with Crippen molar-refractivity contribution in [3.05, 3.63) is 23.2 Å². The van der Waals surface area contributed by atoms with E-state index in [0.29, 0.717) is 24.0 Å². The van der Waals surface area contributed by atoms with E-state index in [9.17, 15) is 8.42 Å². The maximum absolute atomic E-state index is 12.9. The number of nitrogens with zero attached hydrogens (tertiary/aromatic N) is 1. The van der Waals surface area contributed by atoms with Crippen molar-refractivity contribution in [2.75, 3.05) is 20.2 Å². The molecule has 0 spiro atoms. The summed E-state index contributed by atoms with van der Waals surface area (Å²) in [6.45, 7) is 2.92. The minimum Gasteiger partial charge on any atom is -0.495 e. The van der Waals surface area contributed by atoms with Crippen LogP contribution in [0.5, 0.6) is 5.75 Å². The molecule has 2 N–H and O–H groups in total. The summed E-state index contributed by atoms with van der Waals surface area (Å²) >= 11 is 5.90. The fraction of sp³-hybridized carbons (Fsp3) is 0.571. The highest BCUT2D eigenvalue weighted by Gasteiger charge is 2.36. The Hall–Kier alpha value is -0.820. The number of methoxy groups -OCH3 is 1. The molecule has 118 valence electrons. The SMILES string of the molecule is COc1cc(Cl)ccc1S(=O)(=O)N1CCC(C)CC1CN. The molecule has 1 fully saturated rings. The fourth-order valence-corrected chi connectivity index (χ4v) is 4.70. The standard InChI is InChI=1S/C14H21ClN2O3S/c1-10-5-6-17(12(7-10)9-16)21(18,19)14-4-3-11(15)8-13(14)20-2/h3-4,8,10,12H,5-7,9,16H2,1-2H3. The zero-order chi connectivity index (χ0) is 15.6. The van der Waals surface area contributed by atoms with Gasteiger partial charge in [-0.25, -0.2) is 8.42 Å². The summed E-state index contributed by atoms with van der Waals surface area (Å²) < 4.78 is 32.5. The van der Waals surface area contributed by atoms with E-state index in [1.807, 2.05) is 0 Å². The lowest BCUT2D eigenvalue weighted by Gasteiger charge is -2.37. The molecular formula is C14H21ClN2O3S. The van der Waals surface area contributed by atoms with Crippen LogP contribution in [0.1, 0.15) is 19.8 Å². The van der Waals surface area contributed by atoms with E-state index in [0.717, 1.165) is 12.8 Å². The van der Waals surface area contributed by atoms with Crippen LogP contribution in [0.2, 0.25) is 5.02 Å². The third kappa shape index (κ3) is 3.34. The van der Waals surface area contributed by atoms with Crippen LogP contribution < -0.4 is 10.5 Å². The molecule has 0 aliphatic carbocycles. The lowest BCUT2D eigenvalue weighted by molar-refractivity contribution is 0.210. The van der Waals surface area contributed by atoms with E-state index in [2.05, 4.69) is 6.92 Å². The van der Waals surface area contributed by atoms with Crippen molar-refractivity contribution in [3.8, 4) is 5.75 Å². The Labute approximate surface area is 131 Å². The van der Waals surface area contributed by atoms with Crippen molar-refractivity contribution in [1.82, 2.24) is 4.31 Å². The van der Waals surface area contributed by atoms with Crippen molar-refractivity contribution >= 4 is 21.6 Å². The van der Waals surface area contributed by atoms with Crippen molar-refractivity contribution in [3.63, 3.8) is 0 Å². The van der Waals surface area contributed by atoms with Crippen LogP contribution in [-0.4, -0.2) is 39.0 Å². The van der Waals surface area contributed by atoms with Gasteiger partial charge in [-0.3, -0.25) is 0 Å². The highest BCUT2D eigenvalue weighted by Crippen LogP contribution is 2.33. The van der Waals surface area contributed by atoms with Gasteiger partial charge in [0.05, 0.1) is 7.11 Å². The first kappa shape index (κ1) is 16.5. The Bertz CT molecular complexity index is 606. The van der Waals surface area contributed by atoms with Gasteiger partial charge >= 0.3 is 0 Å². The van der Waals surface area contributed by atoms with E-state index in [1.54, 1.807) is 6.07 Å². The van der Waals surface area contributed by atoms with Gasteiger partial charge in [-0.15, -0.1) is 0 Å². The summed E-state index contributed by atoms with van der Waals surface area (Å²) in [5.41, 5.74) is 5.77. The topological polar surface area (TPSA) is 72.6 Å². The lowest BCUT2D eigenvalue weighted by Crippen LogP contribution is -2.49. The van der Waals surface area contributed by atoms with E-state index >= 15 is 0 Å². The number of halogens is 1. The van der Waals surface area contributed by atoms with Crippen molar-refractivity contribution in [2.24, 2.45) is 11.7 Å². The highest BCUT2D eigenvalue weighted by atomic mass is 35.5. The van der Waals surface area contributed by atoms with Gasteiger partial charge < -0.3 is 10.5 Å². The average molecular weight is 333 g/mol. The zero-order valence-electron chi connectivity index (χ0n) is 12.3. The number of nitrogens with two attached hydrogens (primary N) is 1. The summed E-state index contributed by atoms with van der Waals surface area (Å²) in [6, 6.07) is 4.39. The van der Waals surface area contributed by atoms with Crippen LogP contribution in [0.3, 0.4) is 0 Å². The maximum Gasteiger partial charge on any atom is 0.247 e. The summed E-state index contributed by atoms with van der Waals surface area (Å²) in [4.78, 5) is 0.141. The summed E-state index contributed by atoms with van der Waals surface area (Å²) in [7, 11) is -2.20. The van der Waals surface area contributed by atoms with Gasteiger partial charge in [0.25, 0.3) is 0 Å². The first-order chi connectivity index (χ1) is 9.90. The van der Waals surface area contributed by atoms with Crippen molar-refractivity contribution in [2.45, 2.75) is 30.7 Å². The van der Waals surface area contributed by atoms with Gasteiger partial charge in [-0.1, -0.05) is 18.5 Å². The van der Waals surface area contributed by atoms with Crippen LogP contribution >= 0.6 is 11.6 Å². The molecule has 5 nitrogen and oxygen atoms in total. The Morgan fingerprint density at radius 1 is 1.48 bits per heavy atom. The Morgan fingerprint density at radius 2 is 2.19 bits per heavy atom. The molecule has 1 aliphatic rings. The quantitative estimate of drug-likeness (QED) is 0.916. The molecule has 0 bridgehead atoms. The first-order valence-electron chi connectivity index (χ1n) is 6.95. The molecule has 7 heteroatoms. The average Bonchev–Trinajstić information content (AvgIpc) is 2.46. The third-order valence-corrected chi connectivity index (χ3v) is 6.13. The summed E-state index contributed by atoms with van der Waals surface area (Å²) in [5, 5.41) is 0.438. The normalized spacial score (nSPS) is 24.0. The van der Waals surface area contributed by atoms with E-state index < -0.39 is 10.0 Å². The minimum atomic E-state index is -3.64. The molecule has 1 aromatic rings. The van der Waals surface area contributed by atoms with Crippen LogP contribution in [0.25, 0.3) is 0 Å². The number of sulfonamides is 1. The Morgan fingerprint density at radius 3 is 2.81 bits per heavy atom. The van der Waals surface area contributed by atoms with E-state index in [4.69, 9.17) is 22.1 Å². The second kappa shape index (κ2) is 6.52. The molecule has 0 aromatic heterocycles. The molecule has 21 heavy (non-hydrogen) atoms. The smallest absolute Gasteiger partial charge is 0.247 e. The lowest BCUT2D eigenvalue weighted by atomic mass is 9.94. The molecule has 0 radical (unpaired) electrons. The summed E-state index contributed by atoms with van der Waals surface area (Å²) in [6.07, 6.45) is 1.62. The number of rotatable bonds is 4. The van der Waals surface area contributed by atoms with Crippen LogP contribution in [0.4, 0.5) is 0 Å². The fourth-order valence-electron chi connectivity index (χ4n) is 2.74. The minimum absolute atomic E-state index is 0.141. The molecule has 1 aromatic carbocycles. The third-order valence-electron chi connectivity index (χ3n) is 3.91. The number of ether oxygens (including phenoxy) is 1. The molecule has 0 amide bonds. The zero-order valence-corrected chi connectivity index (χ0v) is 13.8. The molecule has 2 rings (SSSR count).